The molecule has 0 radical (unpaired) electrons. The van der Waals surface area contributed by atoms with Crippen molar-refractivity contribution in [3.05, 3.63) is 99.8 Å². The number of ether oxygens (including phenoxy) is 1. The summed E-state index contributed by atoms with van der Waals surface area (Å²) in [5.41, 5.74) is 6.79. The van der Waals surface area contributed by atoms with Gasteiger partial charge in [-0.25, -0.2) is 4.98 Å². The molecule has 1 aliphatic carbocycles. The summed E-state index contributed by atoms with van der Waals surface area (Å²) in [6.07, 6.45) is 5.32. The molecule has 1 aliphatic rings. The van der Waals surface area contributed by atoms with Crippen LogP contribution in [0.4, 0.5) is 11.4 Å². The minimum atomic E-state index is -0.299. The van der Waals surface area contributed by atoms with Crippen LogP contribution in [0.2, 0.25) is 0 Å². The van der Waals surface area contributed by atoms with E-state index >= 15 is 0 Å². The average molecular weight is 550 g/mol. The zero-order chi connectivity index (χ0) is 27.5. The zero-order valence-corrected chi connectivity index (χ0v) is 23.4. The lowest BCUT2D eigenvalue weighted by Gasteiger charge is -2.10. The van der Waals surface area contributed by atoms with Crippen LogP contribution >= 0.6 is 11.3 Å². The van der Waals surface area contributed by atoms with Gasteiger partial charge < -0.3 is 4.74 Å². The van der Waals surface area contributed by atoms with Gasteiger partial charge in [-0.15, -0.1) is 21.6 Å². The Kier molecular flexibility index (Phi) is 7.42. The Labute approximate surface area is 237 Å². The molecule has 40 heavy (non-hydrogen) atoms. The van der Waals surface area contributed by atoms with Crippen molar-refractivity contribution in [3.63, 3.8) is 0 Å². The summed E-state index contributed by atoms with van der Waals surface area (Å²) in [6, 6.07) is 24.8. The van der Waals surface area contributed by atoms with Gasteiger partial charge in [-0.2, -0.15) is 4.68 Å². The van der Waals surface area contributed by atoms with Crippen molar-refractivity contribution in [3.8, 4) is 33.3 Å². The van der Waals surface area contributed by atoms with Gasteiger partial charge in [0.15, 0.2) is 5.69 Å². The Morgan fingerprint density at radius 2 is 1.62 bits per heavy atom. The number of hydrogen-bond donors (Lipinski definition) is 1. The van der Waals surface area contributed by atoms with E-state index in [0.717, 1.165) is 17.2 Å². The molecule has 5 aromatic rings. The van der Waals surface area contributed by atoms with Gasteiger partial charge in [0.1, 0.15) is 11.4 Å². The van der Waals surface area contributed by atoms with Crippen molar-refractivity contribution in [1.29, 1.82) is 0 Å². The first-order chi connectivity index (χ1) is 19.6. The second-order valence-electron chi connectivity index (χ2n) is 10.0. The standard InChI is InChI=1S/C32H31N5O2S/c1-3-39-29-11-7-6-10-27(29)34-35-30-21(2)36-37(31(30)38)32-33-28(20-40-32)26-18-16-25(17-19-26)24-14-12-23(13-15-24)22-8-4-5-9-22/h6-7,10-20,22,36H,3-5,8-9H2,1-2H3. The molecule has 7 nitrogen and oxygen atoms in total. The molecule has 0 unspecified atom stereocenters. The quantitative estimate of drug-likeness (QED) is 0.196. The van der Waals surface area contributed by atoms with Gasteiger partial charge in [-0.05, 0) is 61.4 Å². The molecule has 1 saturated carbocycles. The fourth-order valence-electron chi connectivity index (χ4n) is 5.25. The SMILES string of the molecule is CCOc1ccccc1N=Nc1c(C)[nH]n(-c2nc(-c3ccc(-c4ccc(C5CCCC5)cc4)cc3)cs2)c1=O. The van der Waals surface area contributed by atoms with E-state index in [1.54, 1.807) is 13.0 Å². The highest BCUT2D eigenvalue weighted by molar-refractivity contribution is 7.12. The van der Waals surface area contributed by atoms with E-state index in [2.05, 4.69) is 63.9 Å². The number of rotatable bonds is 8. The molecule has 2 heterocycles. The van der Waals surface area contributed by atoms with E-state index in [1.807, 2.05) is 30.5 Å². The van der Waals surface area contributed by atoms with Crippen molar-refractivity contribution in [1.82, 2.24) is 14.8 Å². The summed E-state index contributed by atoms with van der Waals surface area (Å²) in [4.78, 5) is 17.9. The van der Waals surface area contributed by atoms with Crippen LogP contribution in [-0.2, 0) is 0 Å². The van der Waals surface area contributed by atoms with Gasteiger partial charge in [0.25, 0.3) is 0 Å². The molecule has 0 saturated heterocycles. The van der Waals surface area contributed by atoms with Crippen LogP contribution < -0.4 is 10.3 Å². The van der Waals surface area contributed by atoms with E-state index in [4.69, 9.17) is 9.72 Å². The number of aromatic nitrogens is 3. The lowest BCUT2D eigenvalue weighted by Crippen LogP contribution is -2.13. The van der Waals surface area contributed by atoms with Crippen molar-refractivity contribution in [2.45, 2.75) is 45.4 Å². The Hall–Kier alpha value is -4.30. The van der Waals surface area contributed by atoms with Gasteiger partial charge in [0.05, 0.1) is 18.0 Å². The number of aromatic amines is 1. The first kappa shape index (κ1) is 26.0. The van der Waals surface area contributed by atoms with Gasteiger partial charge in [-0.3, -0.25) is 9.89 Å². The third-order valence-electron chi connectivity index (χ3n) is 7.40. The van der Waals surface area contributed by atoms with Crippen molar-refractivity contribution < 1.29 is 4.74 Å². The molecule has 0 spiro atoms. The van der Waals surface area contributed by atoms with Crippen LogP contribution in [0, 0.1) is 6.92 Å². The second-order valence-corrected chi connectivity index (χ2v) is 10.9. The largest absolute Gasteiger partial charge is 0.492 e. The first-order valence-electron chi connectivity index (χ1n) is 13.7. The predicted molar refractivity (Wildman–Crippen MR) is 161 cm³/mol. The topological polar surface area (TPSA) is 84.6 Å². The van der Waals surface area contributed by atoms with Crippen LogP contribution in [0.15, 0.2) is 93.2 Å². The molecule has 8 heteroatoms. The number of benzene rings is 3. The normalized spacial score (nSPS) is 13.8. The molecule has 202 valence electrons. The highest BCUT2D eigenvalue weighted by atomic mass is 32.1. The monoisotopic (exact) mass is 549 g/mol. The average Bonchev–Trinajstić information content (AvgIpc) is 3.75. The molecule has 0 aliphatic heterocycles. The van der Waals surface area contributed by atoms with E-state index in [1.165, 1.54) is 58.4 Å². The summed E-state index contributed by atoms with van der Waals surface area (Å²) in [6.45, 7) is 4.23. The summed E-state index contributed by atoms with van der Waals surface area (Å²) in [5, 5.41) is 14.1. The fourth-order valence-corrected chi connectivity index (χ4v) is 6.04. The Balaban J connectivity index is 1.20. The van der Waals surface area contributed by atoms with E-state index in [0.29, 0.717) is 28.9 Å². The lowest BCUT2D eigenvalue weighted by atomic mass is 9.95. The fraction of sp³-hybridized carbons (Fsp3) is 0.250. The van der Waals surface area contributed by atoms with Crippen molar-refractivity contribution in [2.24, 2.45) is 10.2 Å². The maximum atomic E-state index is 13.2. The molecule has 0 bridgehead atoms. The minimum Gasteiger partial charge on any atom is -0.492 e. The number of hydrogen-bond acceptors (Lipinski definition) is 6. The predicted octanol–water partition coefficient (Wildman–Crippen LogP) is 8.74. The zero-order valence-electron chi connectivity index (χ0n) is 22.6. The summed E-state index contributed by atoms with van der Waals surface area (Å²) < 4.78 is 7.03. The first-order valence-corrected chi connectivity index (χ1v) is 14.6. The number of nitrogens with one attached hydrogen (secondary N) is 1. The molecular weight excluding hydrogens is 518 g/mol. The number of aryl methyl sites for hydroxylation is 1. The third kappa shape index (κ3) is 5.27. The number of H-pyrrole nitrogens is 1. The van der Waals surface area contributed by atoms with Crippen molar-refractivity contribution >= 4 is 22.7 Å². The smallest absolute Gasteiger partial charge is 0.301 e. The highest BCUT2D eigenvalue weighted by Crippen LogP contribution is 2.35. The highest BCUT2D eigenvalue weighted by Gasteiger charge is 2.18. The second kappa shape index (κ2) is 11.4. The minimum absolute atomic E-state index is 0.242. The molecule has 3 aromatic carbocycles. The van der Waals surface area contributed by atoms with E-state index in [-0.39, 0.29) is 11.2 Å². The van der Waals surface area contributed by atoms with E-state index < -0.39 is 0 Å². The van der Waals surface area contributed by atoms with E-state index in [9.17, 15) is 4.79 Å². The summed E-state index contributed by atoms with van der Waals surface area (Å²) >= 11 is 1.40. The lowest BCUT2D eigenvalue weighted by molar-refractivity contribution is 0.341. The number of azo groups is 1. The Morgan fingerprint density at radius 3 is 2.35 bits per heavy atom. The number of thiazole rings is 1. The van der Waals surface area contributed by atoms with Crippen LogP contribution in [0.3, 0.4) is 0 Å². The van der Waals surface area contributed by atoms with Gasteiger partial charge >= 0.3 is 5.56 Å². The van der Waals surface area contributed by atoms with Gasteiger partial charge in [0, 0.05) is 10.9 Å². The summed E-state index contributed by atoms with van der Waals surface area (Å²) in [5.74, 6) is 1.35. The molecule has 1 N–H and O–H groups in total. The Morgan fingerprint density at radius 1 is 0.950 bits per heavy atom. The molecule has 0 amide bonds. The van der Waals surface area contributed by atoms with Crippen LogP contribution in [-0.4, -0.2) is 21.4 Å². The maximum absolute atomic E-state index is 13.2. The van der Waals surface area contributed by atoms with Crippen LogP contribution in [0.5, 0.6) is 5.75 Å². The molecule has 2 aromatic heterocycles. The molecule has 0 atom stereocenters. The van der Waals surface area contributed by atoms with Crippen molar-refractivity contribution in [2.75, 3.05) is 6.61 Å². The summed E-state index contributed by atoms with van der Waals surface area (Å²) in [7, 11) is 0. The Bertz CT molecular complexity index is 1690. The van der Waals surface area contributed by atoms with Crippen LogP contribution in [0.25, 0.3) is 27.5 Å². The maximum Gasteiger partial charge on any atom is 0.301 e. The number of para-hydroxylation sites is 1. The van der Waals surface area contributed by atoms with Gasteiger partial charge in [-0.1, -0.05) is 73.5 Å². The third-order valence-corrected chi connectivity index (χ3v) is 8.22. The van der Waals surface area contributed by atoms with Gasteiger partial charge in [0.2, 0.25) is 5.13 Å². The molecular formula is C32H31N5O2S. The molecule has 1 fully saturated rings. The molecule has 6 rings (SSSR count). The van der Waals surface area contributed by atoms with Crippen LogP contribution in [0.1, 0.15) is 49.8 Å². The number of nitrogens with zero attached hydrogens (tertiary/aromatic N) is 4.